The summed E-state index contributed by atoms with van der Waals surface area (Å²) in [5.41, 5.74) is 0.597. The predicted molar refractivity (Wildman–Crippen MR) is 86.5 cm³/mol. The van der Waals surface area contributed by atoms with Crippen molar-refractivity contribution < 1.29 is 14.4 Å². The molecule has 1 heterocycles. The van der Waals surface area contributed by atoms with Gasteiger partial charge >= 0.3 is 0 Å². The summed E-state index contributed by atoms with van der Waals surface area (Å²) in [6.45, 7) is 2.01. The van der Waals surface area contributed by atoms with Gasteiger partial charge in [0.15, 0.2) is 0 Å². The number of imide groups is 1. The van der Waals surface area contributed by atoms with Crippen LogP contribution in [0.15, 0.2) is 30.3 Å². The molecule has 0 N–H and O–H groups in total. The lowest BCUT2D eigenvalue weighted by molar-refractivity contribution is -0.142. The summed E-state index contributed by atoms with van der Waals surface area (Å²) in [5, 5.41) is 0. The summed E-state index contributed by atoms with van der Waals surface area (Å²) in [6.07, 6.45) is 1.47. The van der Waals surface area contributed by atoms with Gasteiger partial charge in [-0.2, -0.15) is 0 Å². The van der Waals surface area contributed by atoms with E-state index in [1.165, 1.54) is 9.80 Å². The molecular weight excluding hydrogens is 292 g/mol. The molecule has 1 saturated heterocycles. The Bertz CT molecular complexity index is 641. The van der Waals surface area contributed by atoms with Crippen molar-refractivity contribution in [2.24, 2.45) is 23.7 Å². The van der Waals surface area contributed by atoms with Crippen LogP contribution >= 0.6 is 0 Å². The number of nitrogens with zero attached hydrogens (tertiary/aromatic N) is 2. The number of benzene rings is 1. The topological polar surface area (TPSA) is 57.7 Å². The second kappa shape index (κ2) is 5.80. The summed E-state index contributed by atoms with van der Waals surface area (Å²) in [5.74, 6) is -1.62. The predicted octanol–water partition coefficient (Wildman–Crippen LogP) is 1.93. The molecule has 5 heteroatoms. The summed E-state index contributed by atoms with van der Waals surface area (Å²) >= 11 is 0. The van der Waals surface area contributed by atoms with Crippen molar-refractivity contribution in [3.8, 4) is 0 Å². The average Bonchev–Trinajstić information content (AvgIpc) is 2.80. The molecule has 2 aliphatic rings. The normalized spacial score (nSPS) is 30.3. The molecule has 0 spiro atoms. The van der Waals surface area contributed by atoms with E-state index < -0.39 is 11.8 Å². The lowest BCUT2D eigenvalue weighted by Gasteiger charge is -2.35. The van der Waals surface area contributed by atoms with Gasteiger partial charge in [0.1, 0.15) is 0 Å². The molecule has 2 fully saturated rings. The molecule has 0 aromatic heterocycles. The first-order chi connectivity index (χ1) is 10.9. The molecule has 0 bridgehead atoms. The minimum Gasteiger partial charge on any atom is -0.349 e. The third-order valence-corrected chi connectivity index (χ3v) is 5.15. The number of amides is 3. The number of rotatable bonds is 2. The average molecular weight is 314 g/mol. The third-order valence-electron chi connectivity index (χ3n) is 5.15. The zero-order valence-corrected chi connectivity index (χ0v) is 13.7. The van der Waals surface area contributed by atoms with Crippen LogP contribution in [0.2, 0.25) is 0 Å². The maximum Gasteiger partial charge on any atom is 0.238 e. The molecule has 4 atom stereocenters. The zero-order valence-electron chi connectivity index (χ0n) is 13.7. The first-order valence-corrected chi connectivity index (χ1v) is 8.07. The Balaban J connectivity index is 2.00. The Morgan fingerprint density at radius 3 is 2.26 bits per heavy atom. The minimum atomic E-state index is -0.527. The largest absolute Gasteiger partial charge is 0.349 e. The van der Waals surface area contributed by atoms with E-state index in [9.17, 15) is 14.4 Å². The highest BCUT2D eigenvalue weighted by Gasteiger charge is 2.57. The Hall–Kier alpha value is -2.17. The maximum atomic E-state index is 13.0. The Morgan fingerprint density at radius 2 is 1.65 bits per heavy atom. The van der Waals surface area contributed by atoms with E-state index in [0.717, 1.165) is 6.42 Å². The fraction of sp³-hybridized carbons (Fsp3) is 0.500. The van der Waals surface area contributed by atoms with Crippen molar-refractivity contribution in [1.82, 2.24) is 4.90 Å². The molecule has 5 nitrogen and oxygen atoms in total. The van der Waals surface area contributed by atoms with E-state index in [0.29, 0.717) is 12.1 Å². The van der Waals surface area contributed by atoms with Gasteiger partial charge in [0, 0.05) is 14.1 Å². The van der Waals surface area contributed by atoms with Crippen molar-refractivity contribution in [3.63, 3.8) is 0 Å². The maximum absolute atomic E-state index is 13.0. The molecule has 1 aromatic rings. The molecule has 122 valence electrons. The first kappa shape index (κ1) is 15.7. The summed E-state index contributed by atoms with van der Waals surface area (Å²) < 4.78 is 0. The molecule has 1 saturated carbocycles. The standard InChI is InChI=1S/C18H22N2O3/c1-11-9-10-13(16(21)19(2)3)15-14(11)17(22)20(18(15)23)12-7-5-4-6-8-12/h4-8,11,13-15H,9-10H2,1-3H3/t11-,13+,14-,15+/m1/s1. The van der Waals surface area contributed by atoms with Crippen molar-refractivity contribution in [1.29, 1.82) is 0 Å². The minimum absolute atomic E-state index is 0.0528. The number of para-hydroxylation sites is 1. The van der Waals surface area contributed by atoms with Crippen LogP contribution in [-0.4, -0.2) is 36.7 Å². The fourth-order valence-corrected chi connectivity index (χ4v) is 3.98. The van der Waals surface area contributed by atoms with Crippen LogP contribution in [0.1, 0.15) is 19.8 Å². The molecule has 0 radical (unpaired) electrons. The smallest absolute Gasteiger partial charge is 0.238 e. The van der Waals surface area contributed by atoms with E-state index in [1.54, 1.807) is 26.2 Å². The van der Waals surface area contributed by atoms with E-state index in [2.05, 4.69) is 0 Å². The highest BCUT2D eigenvalue weighted by atomic mass is 16.2. The van der Waals surface area contributed by atoms with Crippen molar-refractivity contribution in [2.75, 3.05) is 19.0 Å². The van der Waals surface area contributed by atoms with Gasteiger partial charge in [0.2, 0.25) is 17.7 Å². The van der Waals surface area contributed by atoms with Crippen LogP contribution in [-0.2, 0) is 14.4 Å². The molecule has 3 rings (SSSR count). The number of hydrogen-bond acceptors (Lipinski definition) is 3. The summed E-state index contributed by atoms with van der Waals surface area (Å²) in [7, 11) is 3.40. The van der Waals surface area contributed by atoms with Gasteiger partial charge in [-0.25, -0.2) is 0 Å². The van der Waals surface area contributed by atoms with E-state index in [-0.39, 0.29) is 29.6 Å². The van der Waals surface area contributed by atoms with Gasteiger partial charge in [0.25, 0.3) is 0 Å². The fourth-order valence-electron chi connectivity index (χ4n) is 3.98. The quantitative estimate of drug-likeness (QED) is 0.784. The van der Waals surface area contributed by atoms with E-state index >= 15 is 0 Å². The summed E-state index contributed by atoms with van der Waals surface area (Å²) in [6, 6.07) is 9.00. The van der Waals surface area contributed by atoms with Gasteiger partial charge in [0.05, 0.1) is 23.4 Å². The number of fused-ring (bicyclic) bond motifs is 1. The van der Waals surface area contributed by atoms with Crippen LogP contribution in [0.4, 0.5) is 5.69 Å². The zero-order chi connectivity index (χ0) is 16.7. The molecule has 1 aliphatic heterocycles. The van der Waals surface area contributed by atoms with Gasteiger partial charge in [-0.3, -0.25) is 19.3 Å². The number of carbonyl (C=O) groups is 3. The van der Waals surface area contributed by atoms with Gasteiger partial charge in [-0.05, 0) is 30.9 Å². The van der Waals surface area contributed by atoms with Crippen molar-refractivity contribution in [3.05, 3.63) is 30.3 Å². The van der Waals surface area contributed by atoms with Crippen molar-refractivity contribution >= 4 is 23.4 Å². The van der Waals surface area contributed by atoms with Crippen LogP contribution in [0.3, 0.4) is 0 Å². The summed E-state index contributed by atoms with van der Waals surface area (Å²) in [4.78, 5) is 41.1. The van der Waals surface area contributed by atoms with E-state index in [4.69, 9.17) is 0 Å². The Morgan fingerprint density at radius 1 is 1.04 bits per heavy atom. The number of anilines is 1. The molecule has 1 aromatic carbocycles. The molecule has 23 heavy (non-hydrogen) atoms. The Kier molecular flexibility index (Phi) is 3.96. The first-order valence-electron chi connectivity index (χ1n) is 8.07. The SMILES string of the molecule is C[C@@H]1CC[C@H](C(=O)N(C)C)[C@@H]2C(=O)N(c3ccccc3)C(=O)[C@@H]21. The van der Waals surface area contributed by atoms with Crippen molar-refractivity contribution in [2.45, 2.75) is 19.8 Å². The highest BCUT2D eigenvalue weighted by Crippen LogP contribution is 2.46. The molecular formula is C18H22N2O3. The van der Waals surface area contributed by atoms with Crippen LogP contribution in [0.5, 0.6) is 0 Å². The van der Waals surface area contributed by atoms with Gasteiger partial charge in [-0.1, -0.05) is 25.1 Å². The molecule has 0 unspecified atom stereocenters. The second-order valence-electron chi connectivity index (χ2n) is 6.79. The van der Waals surface area contributed by atoms with Gasteiger partial charge in [-0.15, -0.1) is 0 Å². The molecule has 1 aliphatic carbocycles. The van der Waals surface area contributed by atoms with Crippen LogP contribution in [0.25, 0.3) is 0 Å². The second-order valence-corrected chi connectivity index (χ2v) is 6.79. The third kappa shape index (κ3) is 2.44. The number of hydrogen-bond donors (Lipinski definition) is 0. The van der Waals surface area contributed by atoms with Crippen LogP contribution < -0.4 is 4.90 Å². The highest BCUT2D eigenvalue weighted by molar-refractivity contribution is 6.23. The van der Waals surface area contributed by atoms with E-state index in [1.807, 2.05) is 25.1 Å². The van der Waals surface area contributed by atoms with Crippen LogP contribution in [0, 0.1) is 23.7 Å². The lowest BCUT2D eigenvalue weighted by Crippen LogP contribution is -2.43. The monoisotopic (exact) mass is 314 g/mol. The molecule has 3 amide bonds. The lowest BCUT2D eigenvalue weighted by atomic mass is 9.68. The Labute approximate surface area is 136 Å². The number of carbonyl (C=O) groups excluding carboxylic acids is 3. The van der Waals surface area contributed by atoms with Gasteiger partial charge < -0.3 is 4.90 Å².